The van der Waals surface area contributed by atoms with E-state index in [9.17, 15) is 17.6 Å². The minimum absolute atomic E-state index is 0.126. The predicted octanol–water partition coefficient (Wildman–Crippen LogP) is 4.69. The van der Waals surface area contributed by atoms with Gasteiger partial charge in [0.1, 0.15) is 16.6 Å². The summed E-state index contributed by atoms with van der Waals surface area (Å²) in [5.41, 5.74) is 1.32. The summed E-state index contributed by atoms with van der Waals surface area (Å²) in [5.74, 6) is -2.71. The van der Waals surface area contributed by atoms with Crippen molar-refractivity contribution in [2.75, 3.05) is 29.8 Å². The first-order chi connectivity index (χ1) is 16.0. The first kappa shape index (κ1) is 24.0. The van der Waals surface area contributed by atoms with Gasteiger partial charge in [0.25, 0.3) is 10.0 Å². The summed E-state index contributed by atoms with van der Waals surface area (Å²) in [6.45, 7) is 6.47. The maximum Gasteiger partial charge on any atom is 0.338 e. The summed E-state index contributed by atoms with van der Waals surface area (Å²) in [5, 5.41) is 10.7. The molecule has 2 aromatic carbocycles. The first-order valence-electron chi connectivity index (χ1n) is 10.4. The van der Waals surface area contributed by atoms with E-state index in [4.69, 9.17) is 9.84 Å². The van der Waals surface area contributed by atoms with Gasteiger partial charge in [0, 0.05) is 35.8 Å². The molecule has 1 aromatic heterocycles. The van der Waals surface area contributed by atoms with Crippen molar-refractivity contribution in [2.45, 2.75) is 25.3 Å². The summed E-state index contributed by atoms with van der Waals surface area (Å²) in [6, 6.07) is 9.51. The molecule has 11 heteroatoms. The molecule has 0 saturated carbocycles. The number of nitrogens with zero attached hydrogens (tertiary/aromatic N) is 2. The lowest BCUT2D eigenvalue weighted by Gasteiger charge is -2.21. The van der Waals surface area contributed by atoms with Crippen molar-refractivity contribution in [2.24, 2.45) is 5.41 Å². The van der Waals surface area contributed by atoms with Crippen LogP contribution in [-0.4, -0.2) is 44.7 Å². The Morgan fingerprint density at radius 3 is 2.56 bits per heavy atom. The number of carboxylic acid groups (broad SMARTS) is 1. The van der Waals surface area contributed by atoms with E-state index < -0.39 is 27.4 Å². The SMILES string of the molecule is COc1cc(C(=O)O)c(F)cc1NS(=O)(=O)c1csc(-c2ccc(N3CCC(C)(C)C3)cc2)n1. The Kier molecular flexibility index (Phi) is 6.26. The van der Waals surface area contributed by atoms with Gasteiger partial charge in [0.2, 0.25) is 0 Å². The molecule has 0 atom stereocenters. The van der Waals surface area contributed by atoms with Crippen LogP contribution in [0.15, 0.2) is 46.8 Å². The van der Waals surface area contributed by atoms with E-state index in [0.717, 1.165) is 42.9 Å². The second-order valence-electron chi connectivity index (χ2n) is 8.82. The third kappa shape index (κ3) is 4.85. The highest BCUT2D eigenvalue weighted by molar-refractivity contribution is 7.92. The average Bonchev–Trinajstić information content (AvgIpc) is 3.41. The van der Waals surface area contributed by atoms with Gasteiger partial charge < -0.3 is 14.7 Å². The molecule has 1 fully saturated rings. The van der Waals surface area contributed by atoms with Crippen LogP contribution < -0.4 is 14.4 Å². The summed E-state index contributed by atoms with van der Waals surface area (Å²) in [6.07, 6.45) is 1.13. The zero-order chi connectivity index (χ0) is 24.7. The Labute approximate surface area is 201 Å². The minimum Gasteiger partial charge on any atom is -0.495 e. The first-order valence-corrected chi connectivity index (χ1v) is 12.8. The normalized spacial score (nSPS) is 15.4. The van der Waals surface area contributed by atoms with Crippen LogP contribution in [0.2, 0.25) is 0 Å². The molecule has 2 heterocycles. The second kappa shape index (κ2) is 8.88. The zero-order valence-electron chi connectivity index (χ0n) is 18.8. The van der Waals surface area contributed by atoms with Gasteiger partial charge in [0.15, 0.2) is 5.03 Å². The number of carbonyl (C=O) groups is 1. The third-order valence-corrected chi connectivity index (χ3v) is 7.97. The smallest absolute Gasteiger partial charge is 0.338 e. The highest BCUT2D eigenvalue weighted by atomic mass is 32.2. The topological polar surface area (TPSA) is 109 Å². The van der Waals surface area contributed by atoms with Crippen molar-refractivity contribution in [1.82, 2.24) is 4.98 Å². The largest absolute Gasteiger partial charge is 0.495 e. The Morgan fingerprint density at radius 2 is 1.97 bits per heavy atom. The molecule has 1 saturated heterocycles. The number of methoxy groups -OCH3 is 1. The number of sulfonamides is 1. The number of aromatic nitrogens is 1. The number of hydrogen-bond donors (Lipinski definition) is 2. The molecule has 180 valence electrons. The predicted molar refractivity (Wildman–Crippen MR) is 129 cm³/mol. The van der Waals surface area contributed by atoms with Crippen molar-refractivity contribution < 1.29 is 27.4 Å². The second-order valence-corrected chi connectivity index (χ2v) is 11.3. The number of thiazole rings is 1. The molecule has 3 aromatic rings. The molecule has 0 spiro atoms. The van der Waals surface area contributed by atoms with Gasteiger partial charge in [-0.25, -0.2) is 14.2 Å². The Morgan fingerprint density at radius 1 is 1.26 bits per heavy atom. The molecule has 2 N–H and O–H groups in total. The van der Waals surface area contributed by atoms with Crippen LogP contribution in [0.1, 0.15) is 30.6 Å². The van der Waals surface area contributed by atoms with E-state index >= 15 is 0 Å². The summed E-state index contributed by atoms with van der Waals surface area (Å²) >= 11 is 1.17. The van der Waals surface area contributed by atoms with E-state index in [0.29, 0.717) is 5.01 Å². The Bertz CT molecular complexity index is 1340. The number of ether oxygens (including phenoxy) is 1. The average molecular weight is 506 g/mol. The summed E-state index contributed by atoms with van der Waals surface area (Å²) in [7, 11) is -2.94. The lowest BCUT2D eigenvalue weighted by Crippen LogP contribution is -2.22. The van der Waals surface area contributed by atoms with Crippen molar-refractivity contribution in [3.8, 4) is 16.3 Å². The van der Waals surface area contributed by atoms with Gasteiger partial charge in [0.05, 0.1) is 18.4 Å². The van der Waals surface area contributed by atoms with E-state index in [2.05, 4.69) is 28.5 Å². The molecule has 0 amide bonds. The number of nitrogens with one attached hydrogen (secondary N) is 1. The third-order valence-electron chi connectivity index (χ3n) is 5.68. The molecule has 1 aliphatic heterocycles. The highest BCUT2D eigenvalue weighted by Gasteiger charge is 2.29. The van der Waals surface area contributed by atoms with Crippen LogP contribution in [0.5, 0.6) is 5.75 Å². The fourth-order valence-corrected chi connectivity index (χ4v) is 5.99. The molecular weight excluding hydrogens is 481 g/mol. The molecule has 1 aliphatic rings. The van der Waals surface area contributed by atoms with E-state index in [1.807, 2.05) is 24.3 Å². The van der Waals surface area contributed by atoms with Crippen molar-refractivity contribution in [3.63, 3.8) is 0 Å². The number of rotatable bonds is 7. The van der Waals surface area contributed by atoms with Crippen molar-refractivity contribution in [3.05, 3.63) is 53.2 Å². The quantitative estimate of drug-likeness (QED) is 0.479. The van der Waals surface area contributed by atoms with Gasteiger partial charge >= 0.3 is 5.97 Å². The molecule has 4 rings (SSSR count). The minimum atomic E-state index is -4.17. The maximum atomic E-state index is 14.1. The van der Waals surface area contributed by atoms with Crippen LogP contribution in [0.3, 0.4) is 0 Å². The molecule has 0 bridgehead atoms. The monoisotopic (exact) mass is 505 g/mol. The van der Waals surface area contributed by atoms with Gasteiger partial charge in [-0.15, -0.1) is 11.3 Å². The number of halogens is 1. The van der Waals surface area contributed by atoms with Gasteiger partial charge in [-0.3, -0.25) is 4.72 Å². The molecule has 8 nitrogen and oxygen atoms in total. The standard InChI is InChI=1S/C23H24FN3O5S2/c1-23(2)8-9-27(13-23)15-6-4-14(5-7-15)21-25-20(12-33-21)34(30,31)26-18-11-17(24)16(22(28)29)10-19(18)32-3/h4-7,10-12,26H,8-9,13H2,1-3H3,(H,28,29). The number of anilines is 2. The highest BCUT2D eigenvalue weighted by Crippen LogP contribution is 2.35. The molecular formula is C23H24FN3O5S2. The number of aromatic carboxylic acids is 1. The van der Waals surface area contributed by atoms with Gasteiger partial charge in [-0.05, 0) is 42.2 Å². The molecule has 34 heavy (non-hydrogen) atoms. The van der Waals surface area contributed by atoms with Gasteiger partial charge in [-0.2, -0.15) is 8.42 Å². The number of hydrogen-bond acceptors (Lipinski definition) is 7. The Balaban J connectivity index is 1.55. The lowest BCUT2D eigenvalue weighted by molar-refractivity contribution is 0.0691. The van der Waals surface area contributed by atoms with E-state index in [1.165, 1.54) is 23.8 Å². The van der Waals surface area contributed by atoms with Crippen molar-refractivity contribution in [1.29, 1.82) is 0 Å². The Hall–Kier alpha value is -3.18. The lowest BCUT2D eigenvalue weighted by atomic mass is 9.93. The van der Waals surface area contributed by atoms with Crippen molar-refractivity contribution >= 4 is 38.7 Å². The molecule has 0 radical (unpaired) electrons. The van der Waals surface area contributed by atoms with Crippen LogP contribution in [0, 0.1) is 11.2 Å². The fourth-order valence-electron chi connectivity index (χ4n) is 3.83. The van der Waals surface area contributed by atoms with Crippen LogP contribution in [0.4, 0.5) is 15.8 Å². The van der Waals surface area contributed by atoms with Gasteiger partial charge in [-0.1, -0.05) is 13.8 Å². The van der Waals surface area contributed by atoms with E-state index in [1.54, 1.807) is 0 Å². The van der Waals surface area contributed by atoms with Crippen LogP contribution >= 0.6 is 11.3 Å². The number of benzene rings is 2. The molecule has 0 unspecified atom stereocenters. The summed E-state index contributed by atoms with van der Waals surface area (Å²) in [4.78, 5) is 17.7. The van der Waals surface area contributed by atoms with E-state index in [-0.39, 0.29) is 21.9 Å². The molecule has 0 aliphatic carbocycles. The van der Waals surface area contributed by atoms with Crippen LogP contribution in [-0.2, 0) is 10.0 Å². The number of carboxylic acids is 1. The maximum absolute atomic E-state index is 14.1. The fraction of sp³-hybridized carbons (Fsp3) is 0.304. The van der Waals surface area contributed by atoms with Crippen LogP contribution in [0.25, 0.3) is 10.6 Å². The zero-order valence-corrected chi connectivity index (χ0v) is 20.5. The summed E-state index contributed by atoms with van der Waals surface area (Å²) < 4.78 is 47.1.